The lowest BCUT2D eigenvalue weighted by Crippen LogP contribution is -2.42. The summed E-state index contributed by atoms with van der Waals surface area (Å²) in [4.78, 5) is 28.1. The average Bonchev–Trinajstić information content (AvgIpc) is 3.46. The Kier molecular flexibility index (Phi) is 2.87. The van der Waals surface area contributed by atoms with E-state index in [2.05, 4.69) is 4.74 Å². The molecule has 1 fully saturated rings. The lowest BCUT2D eigenvalue weighted by molar-refractivity contribution is -0.126. The minimum atomic E-state index is -6.43. The number of rotatable bonds is 2. The van der Waals surface area contributed by atoms with E-state index >= 15 is 4.79 Å². The molecule has 0 unspecified atom stereocenters. The molecule has 1 saturated carbocycles. The van der Waals surface area contributed by atoms with Crippen LogP contribution >= 0.6 is 0 Å². The smallest absolute Gasteiger partial charge is 0.303 e. The van der Waals surface area contributed by atoms with Crippen LogP contribution in [0.25, 0.3) is 28.2 Å². The summed E-state index contributed by atoms with van der Waals surface area (Å²) in [6.45, 7) is -32.2. The van der Waals surface area contributed by atoms with Crippen molar-refractivity contribution in [3.63, 3.8) is 0 Å². The Morgan fingerprint density at radius 2 is 1.91 bits per heavy atom. The van der Waals surface area contributed by atoms with Gasteiger partial charge in [0, 0.05) is 80.6 Å². The Hall–Kier alpha value is -3.67. The summed E-state index contributed by atoms with van der Waals surface area (Å²) in [5.74, 6) is -9.57. The molecule has 2 aromatic carbocycles. The summed E-state index contributed by atoms with van der Waals surface area (Å²) in [5, 5.41) is -0.961. The molecule has 11 heteroatoms. The van der Waals surface area contributed by atoms with Gasteiger partial charge in [-0.1, -0.05) is 25.2 Å². The molecule has 10 nitrogen and oxygen atoms in total. The van der Waals surface area contributed by atoms with E-state index in [1.807, 2.05) is 0 Å². The Morgan fingerprint density at radius 1 is 1.07 bits per heavy atom. The quantitative estimate of drug-likeness (QED) is 0.453. The summed E-state index contributed by atoms with van der Waals surface area (Å²) < 4.78 is 294. The number of amides is 2. The van der Waals surface area contributed by atoms with Crippen LogP contribution in [0.3, 0.4) is 0 Å². The largest absolute Gasteiger partial charge is 0.497 e. The third-order valence-electron chi connectivity index (χ3n) is 6.21. The number of nitrogens with zero attached hydrogens (tertiary/aromatic N) is 3. The fourth-order valence-corrected chi connectivity index (χ4v) is 5.00. The fraction of sp³-hybridized carbons (Fsp3) is 0.438. The zero-order valence-corrected chi connectivity index (χ0v) is 22.1. The molecule has 0 saturated heterocycles. The minimum Gasteiger partial charge on any atom is -0.497 e. The van der Waals surface area contributed by atoms with E-state index in [-0.39, 0.29) is 4.57 Å². The van der Waals surface area contributed by atoms with Crippen molar-refractivity contribution in [1.29, 1.82) is 0 Å². The van der Waals surface area contributed by atoms with Crippen LogP contribution in [0.1, 0.15) is 100 Å². The number of carbonyl (C=O) groups is 2. The number of fused-ring (bicyclic) bond motifs is 4. The highest BCUT2D eigenvalue weighted by atomic mass is 32.2. The van der Waals surface area contributed by atoms with E-state index < -0.39 is 173 Å². The monoisotopic (exact) mass is 636 g/mol. The number of methoxy groups -OCH3 is 1. The molecule has 4 bridgehead atoms. The summed E-state index contributed by atoms with van der Waals surface area (Å²) in [6.07, 6.45) is -21.2. The zero-order chi connectivity index (χ0) is 56.7. The third kappa shape index (κ3) is 5.57. The maximum absolute atomic E-state index is 15.1. The molecule has 2 aliphatic heterocycles. The Labute approximate surface area is 294 Å². The van der Waals surface area contributed by atoms with Crippen molar-refractivity contribution in [3.8, 4) is 17.0 Å². The Balaban J connectivity index is 1.94. The van der Waals surface area contributed by atoms with Gasteiger partial charge in [0.15, 0.2) is 0 Å². The van der Waals surface area contributed by atoms with Crippen molar-refractivity contribution < 1.29 is 68.6 Å². The van der Waals surface area contributed by atoms with Gasteiger partial charge in [0.05, 0.1) is 47.4 Å². The molecule has 0 spiro atoms. The number of hydrogen-bond acceptors (Lipinski definition) is 6. The molecule has 43 heavy (non-hydrogen) atoms. The van der Waals surface area contributed by atoms with Gasteiger partial charge in [-0.3, -0.25) is 9.59 Å². The second-order valence-electron chi connectivity index (χ2n) is 8.68. The van der Waals surface area contributed by atoms with E-state index in [1.165, 1.54) is 0 Å². The zero-order valence-electron chi connectivity index (χ0n) is 51.2. The van der Waals surface area contributed by atoms with E-state index in [4.69, 9.17) is 41.7 Å². The van der Waals surface area contributed by atoms with Gasteiger partial charge in [0.1, 0.15) is 5.75 Å². The molecule has 228 valence electrons. The van der Waals surface area contributed by atoms with Gasteiger partial charge < -0.3 is 18.9 Å². The van der Waals surface area contributed by atoms with Crippen LogP contribution in [0.5, 0.6) is 5.75 Å². The minimum absolute atomic E-state index is 0.127. The molecule has 1 aromatic heterocycles. The lowest BCUT2D eigenvalue weighted by Gasteiger charge is -2.24. The Bertz CT molecular complexity index is 2940. The first-order valence-electron chi connectivity index (χ1n) is 26.8. The lowest BCUT2D eigenvalue weighted by atomic mass is 9.81. The molecule has 3 aliphatic rings. The number of carbonyl (C=O) groups excluding carboxylic acids is 2. The molecule has 0 radical (unpaired) electrons. The van der Waals surface area contributed by atoms with Crippen LogP contribution < -0.4 is 9.46 Å². The standard InChI is InChI=1S/C32H38N4O6S/c1-34-13-15-42-16-14-35(2)43(39,40)33-31(37)22-9-11-27-28(19-22)36-20-24(32(34)38)17-23-18-25(41-3)10-12-26(23)30(36)29(27)21-7-5-4-6-8-21/h9-12,17-19,21H,4-8,13-16,20H2,1-3H3,(H,33,37)/i1D3,2D3,3D3,4D2,5D2,6D2,7D2,8D2,13D2,14D2,15D2,16D2,20D2,21D. The highest BCUT2D eigenvalue weighted by Gasteiger charge is 2.31. The van der Waals surface area contributed by atoms with Crippen LogP contribution in [-0.2, 0) is 26.2 Å². The first-order chi connectivity index (χ1) is 32.1. The summed E-state index contributed by atoms with van der Waals surface area (Å²) >= 11 is 0. The van der Waals surface area contributed by atoms with E-state index in [9.17, 15) is 17.3 Å². The number of hydrogen-bond donors (Lipinski definition) is 1. The van der Waals surface area contributed by atoms with Crippen molar-refractivity contribution in [2.24, 2.45) is 0 Å². The van der Waals surface area contributed by atoms with Gasteiger partial charge in [0.25, 0.3) is 11.8 Å². The third-order valence-corrected chi connectivity index (χ3v) is 7.23. The van der Waals surface area contributed by atoms with Crippen molar-refractivity contribution in [1.82, 2.24) is 18.5 Å². The predicted molar refractivity (Wildman–Crippen MR) is 165 cm³/mol. The first kappa shape index (κ1) is 10.5. The van der Waals surface area contributed by atoms with E-state index in [0.29, 0.717) is 30.3 Å². The number of benzene rings is 2. The van der Waals surface area contributed by atoms with Gasteiger partial charge in [-0.2, -0.15) is 12.7 Å². The molecular weight excluding hydrogens is 568 g/mol. The van der Waals surface area contributed by atoms with Gasteiger partial charge in [0.2, 0.25) is 0 Å². The van der Waals surface area contributed by atoms with Crippen LogP contribution in [0.4, 0.5) is 0 Å². The number of ether oxygens (including phenoxy) is 2. The van der Waals surface area contributed by atoms with Crippen LogP contribution in [0.15, 0.2) is 42.0 Å². The van der Waals surface area contributed by atoms with Crippen LogP contribution in [0, 0.1) is 0 Å². The maximum Gasteiger partial charge on any atom is 0.303 e. The SMILES string of the molecule is [2H]C([2H])([2H])Oc1ccc2c(c1)C=C1C(=O)N(C([2H])([2H])[2H])C([2H])([2H])C([2H])([2H])OC([2H])([2H])C([2H])([2H])N(C([2H])([2H])[2H])S(=O)(=O)NC(=O)c3ccc4c(C5([2H])C([2H])([2H])C([2H])([2H])C([2H])([2H])C([2H])([2H])C5([2H])[2H])c-2n(c4c3)C1([2H])[2H]. The fourth-order valence-electron chi connectivity index (χ4n) is 4.40. The highest BCUT2D eigenvalue weighted by molar-refractivity contribution is 7.87. The number of aromatic nitrogens is 1. The second-order valence-corrected chi connectivity index (χ2v) is 10.2. The average molecular weight is 637 g/mol. The highest BCUT2D eigenvalue weighted by Crippen LogP contribution is 2.47. The van der Waals surface area contributed by atoms with Gasteiger partial charge in [-0.25, -0.2) is 4.72 Å². The number of likely N-dealkylation sites (N-methyl/N-ethyl adjacent to an activating group) is 2. The van der Waals surface area contributed by atoms with Crippen LogP contribution in [0.2, 0.25) is 0 Å². The molecular formula is C32H38N4O6S. The molecule has 3 heterocycles. The van der Waals surface area contributed by atoms with Crippen molar-refractivity contribution in [2.45, 2.75) is 44.3 Å². The summed E-state index contributed by atoms with van der Waals surface area (Å²) in [7, 11) is -9.76. The number of nitrogens with one attached hydrogen (secondary N) is 1. The molecule has 1 N–H and O–H groups in total. The molecule has 2 amide bonds. The predicted octanol–water partition coefficient (Wildman–Crippen LogP) is 4.16. The van der Waals surface area contributed by atoms with Crippen molar-refractivity contribution >= 4 is 39.0 Å². The molecule has 1 aliphatic carbocycles. The Morgan fingerprint density at radius 3 is 2.70 bits per heavy atom. The second kappa shape index (κ2) is 11.8. The maximum atomic E-state index is 15.1. The topological polar surface area (TPSA) is 110 Å². The van der Waals surface area contributed by atoms with Crippen molar-refractivity contribution in [3.05, 3.63) is 58.7 Å². The molecule has 3 aromatic rings. The molecule has 0 atom stereocenters. The first-order valence-corrected chi connectivity index (χ1v) is 13.2. The summed E-state index contributed by atoms with van der Waals surface area (Å²) in [6, 6.07) is 3.69. The van der Waals surface area contributed by atoms with E-state index in [0.717, 1.165) is 16.9 Å². The van der Waals surface area contributed by atoms with E-state index in [1.54, 1.807) is 0 Å². The van der Waals surface area contributed by atoms with Crippen molar-refractivity contribution in [2.75, 3.05) is 47.1 Å². The van der Waals surface area contributed by atoms with Gasteiger partial charge >= 0.3 is 10.2 Å². The molecule has 6 rings (SSSR count). The van der Waals surface area contributed by atoms with Gasteiger partial charge in [-0.05, 0) is 66.2 Å². The normalized spacial score (nSPS) is 44.1. The van der Waals surface area contributed by atoms with Crippen LogP contribution in [-0.4, -0.2) is 81.1 Å². The summed E-state index contributed by atoms with van der Waals surface area (Å²) in [5.41, 5.74) is -8.05. The van der Waals surface area contributed by atoms with Gasteiger partial charge in [-0.15, -0.1) is 0 Å².